The molecular formula is C15H16ClN3O3S. The van der Waals surface area contributed by atoms with Crippen molar-refractivity contribution in [1.29, 1.82) is 0 Å². The zero-order valence-electron chi connectivity index (χ0n) is 12.4. The van der Waals surface area contributed by atoms with E-state index in [0.717, 1.165) is 18.2 Å². The van der Waals surface area contributed by atoms with Gasteiger partial charge in [0.05, 0.1) is 11.4 Å². The van der Waals surface area contributed by atoms with Gasteiger partial charge in [0.1, 0.15) is 5.75 Å². The van der Waals surface area contributed by atoms with Crippen molar-refractivity contribution in [2.75, 3.05) is 11.1 Å². The first kappa shape index (κ1) is 17.4. The molecule has 0 bridgehead atoms. The summed E-state index contributed by atoms with van der Waals surface area (Å²) in [5, 5.41) is 13.0. The number of rotatable bonds is 6. The highest BCUT2D eigenvalue weighted by Gasteiger charge is 2.09. The smallest absolute Gasteiger partial charge is 0.251 e. The Hall–Kier alpha value is -1.99. The second kappa shape index (κ2) is 8.03. The van der Waals surface area contributed by atoms with Crippen LogP contribution in [0.4, 0.5) is 5.69 Å². The van der Waals surface area contributed by atoms with Gasteiger partial charge in [0.25, 0.3) is 5.56 Å². The van der Waals surface area contributed by atoms with Gasteiger partial charge in [-0.1, -0.05) is 36.7 Å². The normalized spacial score (nSPS) is 10.5. The number of hydrogen-bond donors (Lipinski definition) is 3. The van der Waals surface area contributed by atoms with E-state index >= 15 is 0 Å². The van der Waals surface area contributed by atoms with E-state index in [0.29, 0.717) is 22.3 Å². The van der Waals surface area contributed by atoms with Crippen LogP contribution < -0.4 is 10.9 Å². The summed E-state index contributed by atoms with van der Waals surface area (Å²) in [5.41, 5.74) is 0.748. The Morgan fingerprint density at radius 1 is 1.43 bits per heavy atom. The van der Waals surface area contributed by atoms with E-state index in [1.54, 1.807) is 6.07 Å². The monoisotopic (exact) mass is 353 g/mol. The third-order valence-electron chi connectivity index (χ3n) is 2.85. The summed E-state index contributed by atoms with van der Waals surface area (Å²) in [7, 11) is 0. The molecule has 23 heavy (non-hydrogen) atoms. The number of thioether (sulfide) groups is 1. The van der Waals surface area contributed by atoms with E-state index in [4.69, 9.17) is 11.6 Å². The Labute approximate surface area is 142 Å². The van der Waals surface area contributed by atoms with Crippen LogP contribution in [0.5, 0.6) is 5.75 Å². The number of phenols is 1. The van der Waals surface area contributed by atoms with Gasteiger partial charge in [-0.25, -0.2) is 4.98 Å². The summed E-state index contributed by atoms with van der Waals surface area (Å²) in [6, 6.07) is 5.89. The molecular weight excluding hydrogens is 338 g/mol. The molecule has 0 unspecified atom stereocenters. The number of phenolic OH excluding ortho intramolecular Hbond substituents is 1. The maximum Gasteiger partial charge on any atom is 0.251 e. The van der Waals surface area contributed by atoms with Crippen LogP contribution in [0.1, 0.15) is 19.0 Å². The van der Waals surface area contributed by atoms with Gasteiger partial charge in [-0.3, -0.25) is 9.59 Å². The predicted molar refractivity (Wildman–Crippen MR) is 91.3 cm³/mol. The van der Waals surface area contributed by atoms with E-state index in [1.807, 2.05) is 6.92 Å². The fourth-order valence-electron chi connectivity index (χ4n) is 1.87. The molecule has 6 nitrogen and oxygen atoms in total. The van der Waals surface area contributed by atoms with Crippen molar-refractivity contribution in [1.82, 2.24) is 9.97 Å². The number of aromatic amines is 1. The van der Waals surface area contributed by atoms with E-state index in [2.05, 4.69) is 15.3 Å². The maximum absolute atomic E-state index is 11.9. The number of nitrogens with one attached hydrogen (secondary N) is 2. The topological polar surface area (TPSA) is 95.1 Å². The molecule has 122 valence electrons. The number of carbonyl (C=O) groups is 1. The van der Waals surface area contributed by atoms with Crippen molar-refractivity contribution in [3.63, 3.8) is 0 Å². The zero-order chi connectivity index (χ0) is 16.8. The Bertz CT molecular complexity index is 764. The summed E-state index contributed by atoms with van der Waals surface area (Å²) >= 11 is 6.86. The molecule has 0 spiro atoms. The first-order valence-corrected chi connectivity index (χ1v) is 8.35. The lowest BCUT2D eigenvalue weighted by atomic mass is 10.2. The van der Waals surface area contributed by atoms with Crippen LogP contribution in [-0.2, 0) is 11.2 Å². The minimum Gasteiger partial charge on any atom is -0.506 e. The molecule has 3 N–H and O–H groups in total. The molecule has 8 heteroatoms. The number of aromatic hydroxyl groups is 1. The SMILES string of the molecule is CCCc1cc(=O)[nH]c(SCC(=O)Nc2ccc(Cl)cc2O)n1. The zero-order valence-corrected chi connectivity index (χ0v) is 14.0. The molecule has 0 radical (unpaired) electrons. The summed E-state index contributed by atoms with van der Waals surface area (Å²) in [4.78, 5) is 30.4. The minimum atomic E-state index is -0.323. The highest BCUT2D eigenvalue weighted by atomic mass is 35.5. The molecule has 0 fully saturated rings. The van der Waals surface area contributed by atoms with Gasteiger partial charge in [-0.05, 0) is 18.6 Å². The Kier molecular flexibility index (Phi) is 6.06. The Morgan fingerprint density at radius 2 is 2.22 bits per heavy atom. The lowest BCUT2D eigenvalue weighted by Gasteiger charge is -2.07. The standard InChI is InChI=1S/C15H16ClN3O3S/c1-2-3-10-7-13(21)19-15(17-10)23-8-14(22)18-11-5-4-9(16)6-12(11)20/h4-7,20H,2-3,8H2,1H3,(H,18,22)(H,17,19,21). The first-order valence-electron chi connectivity index (χ1n) is 6.99. The molecule has 0 aliphatic carbocycles. The molecule has 0 aliphatic rings. The summed E-state index contributed by atoms with van der Waals surface area (Å²) in [6.07, 6.45) is 1.60. The number of amides is 1. The molecule has 1 amide bonds. The van der Waals surface area contributed by atoms with Crippen molar-refractivity contribution >= 4 is 35.0 Å². The van der Waals surface area contributed by atoms with E-state index in [1.165, 1.54) is 18.2 Å². The molecule has 1 aromatic heterocycles. The van der Waals surface area contributed by atoms with Crippen LogP contribution in [-0.4, -0.2) is 26.7 Å². The molecule has 1 heterocycles. The molecule has 0 saturated heterocycles. The molecule has 0 saturated carbocycles. The number of aryl methyl sites for hydroxylation is 1. The fraction of sp³-hybridized carbons (Fsp3) is 0.267. The van der Waals surface area contributed by atoms with Crippen LogP contribution in [0, 0.1) is 0 Å². The van der Waals surface area contributed by atoms with Crippen molar-refractivity contribution < 1.29 is 9.90 Å². The van der Waals surface area contributed by atoms with Crippen LogP contribution in [0.2, 0.25) is 5.02 Å². The summed E-state index contributed by atoms with van der Waals surface area (Å²) in [6.45, 7) is 2.00. The molecule has 2 rings (SSSR count). The highest BCUT2D eigenvalue weighted by molar-refractivity contribution is 7.99. The van der Waals surface area contributed by atoms with Gasteiger partial charge in [0.2, 0.25) is 5.91 Å². The van der Waals surface area contributed by atoms with Gasteiger partial charge >= 0.3 is 0 Å². The van der Waals surface area contributed by atoms with Crippen molar-refractivity contribution in [3.05, 3.63) is 45.3 Å². The van der Waals surface area contributed by atoms with Crippen LogP contribution in [0.3, 0.4) is 0 Å². The highest BCUT2D eigenvalue weighted by Crippen LogP contribution is 2.26. The van der Waals surface area contributed by atoms with Gasteiger partial charge in [-0.2, -0.15) is 0 Å². The quantitative estimate of drug-likeness (QED) is 0.421. The number of aromatic nitrogens is 2. The lowest BCUT2D eigenvalue weighted by molar-refractivity contribution is -0.113. The van der Waals surface area contributed by atoms with Crippen molar-refractivity contribution in [2.24, 2.45) is 0 Å². The van der Waals surface area contributed by atoms with Gasteiger partial charge in [-0.15, -0.1) is 0 Å². The number of anilines is 1. The number of H-pyrrole nitrogens is 1. The van der Waals surface area contributed by atoms with E-state index in [-0.39, 0.29) is 28.7 Å². The summed E-state index contributed by atoms with van der Waals surface area (Å²) < 4.78 is 0. The number of nitrogens with zero attached hydrogens (tertiary/aromatic N) is 1. The Morgan fingerprint density at radius 3 is 2.91 bits per heavy atom. The molecule has 1 aromatic carbocycles. The molecule has 2 aromatic rings. The first-order chi connectivity index (χ1) is 11.0. The van der Waals surface area contributed by atoms with Crippen LogP contribution in [0.15, 0.2) is 34.2 Å². The van der Waals surface area contributed by atoms with Crippen LogP contribution >= 0.6 is 23.4 Å². The maximum atomic E-state index is 11.9. The van der Waals surface area contributed by atoms with Gasteiger partial charge < -0.3 is 15.4 Å². The lowest BCUT2D eigenvalue weighted by Crippen LogP contribution is -2.16. The largest absolute Gasteiger partial charge is 0.506 e. The van der Waals surface area contributed by atoms with E-state index < -0.39 is 0 Å². The van der Waals surface area contributed by atoms with Gasteiger partial charge in [0.15, 0.2) is 5.16 Å². The van der Waals surface area contributed by atoms with Crippen molar-refractivity contribution in [3.8, 4) is 5.75 Å². The minimum absolute atomic E-state index is 0.0561. The average Bonchev–Trinajstić information content (AvgIpc) is 2.48. The predicted octanol–water partition coefficient (Wildman–Crippen LogP) is 2.81. The number of hydrogen-bond acceptors (Lipinski definition) is 5. The van der Waals surface area contributed by atoms with Gasteiger partial charge in [0, 0.05) is 22.8 Å². The van der Waals surface area contributed by atoms with Crippen LogP contribution in [0.25, 0.3) is 0 Å². The number of halogens is 1. The Balaban J connectivity index is 1.97. The molecule has 0 atom stereocenters. The number of benzene rings is 1. The second-order valence-corrected chi connectivity index (χ2v) is 6.19. The second-order valence-electron chi connectivity index (χ2n) is 4.79. The molecule has 0 aliphatic heterocycles. The average molecular weight is 354 g/mol. The number of carbonyl (C=O) groups excluding carboxylic acids is 1. The van der Waals surface area contributed by atoms with E-state index in [9.17, 15) is 14.7 Å². The van der Waals surface area contributed by atoms with Crippen molar-refractivity contribution in [2.45, 2.75) is 24.9 Å². The summed E-state index contributed by atoms with van der Waals surface area (Å²) in [5.74, 6) is -0.371. The third-order valence-corrected chi connectivity index (χ3v) is 3.96. The fourth-order valence-corrected chi connectivity index (χ4v) is 2.73. The third kappa shape index (κ3) is 5.30.